The zero-order valence-electron chi connectivity index (χ0n) is 9.68. The van der Waals surface area contributed by atoms with Crippen molar-refractivity contribution in [3.63, 3.8) is 0 Å². The third kappa shape index (κ3) is 3.43. The van der Waals surface area contributed by atoms with Gasteiger partial charge in [-0.3, -0.25) is 0 Å². The van der Waals surface area contributed by atoms with Crippen molar-refractivity contribution >= 4 is 45.1 Å². The minimum Gasteiger partial charge on any atom is -0.409 e. The quantitative estimate of drug-likeness (QED) is 0.371. The Labute approximate surface area is 128 Å². The average molecular weight is 358 g/mol. The van der Waals surface area contributed by atoms with Gasteiger partial charge in [-0.15, -0.1) is 0 Å². The first kappa shape index (κ1) is 14.2. The van der Waals surface area contributed by atoms with Crippen LogP contribution in [-0.2, 0) is 0 Å². The number of nitrogens with two attached hydrogens (primary N) is 1. The monoisotopic (exact) mass is 356 g/mol. The Kier molecular flexibility index (Phi) is 4.74. The van der Waals surface area contributed by atoms with E-state index in [-0.39, 0.29) is 5.84 Å². The number of oxime groups is 1. The summed E-state index contributed by atoms with van der Waals surface area (Å²) in [6.45, 7) is 0. The Morgan fingerprint density at radius 3 is 2.63 bits per heavy atom. The van der Waals surface area contributed by atoms with Crippen molar-refractivity contribution in [1.29, 1.82) is 0 Å². The van der Waals surface area contributed by atoms with E-state index in [1.54, 1.807) is 12.1 Å². The second-order valence-electron chi connectivity index (χ2n) is 3.66. The van der Waals surface area contributed by atoms with Crippen LogP contribution in [0.3, 0.4) is 0 Å². The smallest absolute Gasteiger partial charge is 0.171 e. The summed E-state index contributed by atoms with van der Waals surface area (Å²) in [6, 6.07) is 13.1. The average Bonchev–Trinajstić information content (AvgIpc) is 2.42. The third-order valence-electron chi connectivity index (χ3n) is 2.38. The highest BCUT2D eigenvalue weighted by atomic mass is 79.9. The van der Waals surface area contributed by atoms with Crippen LogP contribution < -0.4 is 5.73 Å². The maximum atomic E-state index is 8.83. The van der Waals surface area contributed by atoms with E-state index in [4.69, 9.17) is 22.5 Å². The Bertz CT molecular complexity index is 634. The lowest BCUT2D eigenvalue weighted by molar-refractivity contribution is 0.318. The molecule has 6 heteroatoms. The van der Waals surface area contributed by atoms with Gasteiger partial charge in [-0.05, 0) is 46.3 Å². The summed E-state index contributed by atoms with van der Waals surface area (Å²) in [5, 5.41) is 12.4. The van der Waals surface area contributed by atoms with E-state index in [1.165, 1.54) is 11.8 Å². The molecule has 0 spiro atoms. The van der Waals surface area contributed by atoms with E-state index in [2.05, 4.69) is 21.1 Å². The maximum absolute atomic E-state index is 8.83. The first-order valence-corrected chi connectivity index (χ1v) is 7.30. The van der Waals surface area contributed by atoms with Crippen molar-refractivity contribution < 1.29 is 5.21 Å². The lowest BCUT2D eigenvalue weighted by atomic mass is 10.2. The van der Waals surface area contributed by atoms with Gasteiger partial charge in [0.15, 0.2) is 5.84 Å². The summed E-state index contributed by atoms with van der Waals surface area (Å²) in [7, 11) is 0. The van der Waals surface area contributed by atoms with Crippen molar-refractivity contribution in [2.24, 2.45) is 10.9 Å². The van der Waals surface area contributed by atoms with E-state index in [1.807, 2.05) is 30.3 Å². The highest BCUT2D eigenvalue weighted by Crippen LogP contribution is 2.35. The molecule has 0 saturated carbocycles. The van der Waals surface area contributed by atoms with Crippen molar-refractivity contribution in [3.05, 3.63) is 57.5 Å². The standard InChI is InChI=1S/C13H10BrClN2OS/c14-10-3-1-2-4-12(10)19-11-6-5-8(15)7-9(11)13(16)17-18/h1-7,18H,(H2,16,17). The van der Waals surface area contributed by atoms with Gasteiger partial charge < -0.3 is 10.9 Å². The van der Waals surface area contributed by atoms with Crippen LogP contribution in [0.2, 0.25) is 5.02 Å². The topological polar surface area (TPSA) is 58.6 Å². The highest BCUT2D eigenvalue weighted by molar-refractivity contribution is 9.10. The van der Waals surface area contributed by atoms with Crippen molar-refractivity contribution in [3.8, 4) is 0 Å². The molecule has 0 aliphatic rings. The molecule has 0 aromatic heterocycles. The fraction of sp³-hybridized carbons (Fsp3) is 0. The van der Waals surface area contributed by atoms with Crippen LogP contribution in [0.25, 0.3) is 0 Å². The van der Waals surface area contributed by atoms with Crippen molar-refractivity contribution in [2.45, 2.75) is 9.79 Å². The summed E-state index contributed by atoms with van der Waals surface area (Å²) in [4.78, 5) is 1.91. The molecule has 0 atom stereocenters. The molecule has 98 valence electrons. The largest absolute Gasteiger partial charge is 0.409 e. The highest BCUT2D eigenvalue weighted by Gasteiger charge is 2.11. The number of rotatable bonds is 3. The van der Waals surface area contributed by atoms with E-state index < -0.39 is 0 Å². The van der Waals surface area contributed by atoms with Gasteiger partial charge in [0.1, 0.15) is 0 Å². The van der Waals surface area contributed by atoms with Gasteiger partial charge in [0, 0.05) is 24.8 Å². The fourth-order valence-corrected chi connectivity index (χ4v) is 3.15. The summed E-state index contributed by atoms with van der Waals surface area (Å²) in [5.74, 6) is 0.0389. The fourth-order valence-electron chi connectivity index (χ4n) is 1.49. The number of hydrogen-bond acceptors (Lipinski definition) is 3. The molecular formula is C13H10BrClN2OS. The molecule has 3 N–H and O–H groups in total. The summed E-state index contributed by atoms with van der Waals surface area (Å²) < 4.78 is 0.986. The molecule has 0 saturated heterocycles. The van der Waals surface area contributed by atoms with Gasteiger partial charge in [0.25, 0.3) is 0 Å². The van der Waals surface area contributed by atoms with Crippen molar-refractivity contribution in [2.75, 3.05) is 0 Å². The molecule has 2 rings (SSSR count). The zero-order chi connectivity index (χ0) is 13.8. The number of halogens is 2. The molecular weight excluding hydrogens is 348 g/mol. The maximum Gasteiger partial charge on any atom is 0.171 e. The van der Waals surface area contributed by atoms with E-state index >= 15 is 0 Å². The second kappa shape index (κ2) is 6.32. The molecule has 0 amide bonds. The number of nitrogens with zero attached hydrogens (tertiary/aromatic N) is 1. The van der Waals surface area contributed by atoms with Crippen LogP contribution in [0.1, 0.15) is 5.56 Å². The molecule has 0 radical (unpaired) electrons. The molecule has 0 aliphatic carbocycles. The Hall–Kier alpha value is -1.17. The molecule has 2 aromatic carbocycles. The predicted octanol–water partition coefficient (Wildman–Crippen LogP) is 4.35. The minimum absolute atomic E-state index is 0.0389. The summed E-state index contributed by atoms with van der Waals surface area (Å²) in [5.41, 5.74) is 6.28. The van der Waals surface area contributed by atoms with E-state index in [0.29, 0.717) is 10.6 Å². The van der Waals surface area contributed by atoms with Crippen LogP contribution in [0.15, 0.2) is 61.9 Å². The van der Waals surface area contributed by atoms with Gasteiger partial charge >= 0.3 is 0 Å². The molecule has 19 heavy (non-hydrogen) atoms. The van der Waals surface area contributed by atoms with Gasteiger partial charge in [0.2, 0.25) is 0 Å². The SMILES string of the molecule is NC(=NO)c1cc(Cl)ccc1Sc1ccccc1Br. The van der Waals surface area contributed by atoms with Crippen LogP contribution in [0, 0.1) is 0 Å². The molecule has 2 aromatic rings. The normalized spacial score (nSPS) is 11.6. The van der Waals surface area contributed by atoms with Crippen LogP contribution in [0.4, 0.5) is 0 Å². The molecule has 0 heterocycles. The van der Waals surface area contributed by atoms with Crippen molar-refractivity contribution in [1.82, 2.24) is 0 Å². The van der Waals surface area contributed by atoms with E-state index in [0.717, 1.165) is 14.3 Å². The number of benzene rings is 2. The molecule has 3 nitrogen and oxygen atoms in total. The Morgan fingerprint density at radius 1 is 1.21 bits per heavy atom. The number of hydrogen-bond donors (Lipinski definition) is 2. The number of amidine groups is 1. The van der Waals surface area contributed by atoms with Gasteiger partial charge in [-0.25, -0.2) is 0 Å². The second-order valence-corrected chi connectivity index (χ2v) is 6.03. The minimum atomic E-state index is 0.0389. The van der Waals surface area contributed by atoms with Gasteiger partial charge in [-0.2, -0.15) is 0 Å². The summed E-state index contributed by atoms with van der Waals surface area (Å²) >= 11 is 10.9. The molecule has 0 bridgehead atoms. The lowest BCUT2D eigenvalue weighted by Crippen LogP contribution is -2.14. The first-order chi connectivity index (χ1) is 9.11. The predicted molar refractivity (Wildman–Crippen MR) is 82.2 cm³/mol. The van der Waals surface area contributed by atoms with Crippen LogP contribution in [0.5, 0.6) is 0 Å². The van der Waals surface area contributed by atoms with Crippen LogP contribution in [-0.4, -0.2) is 11.0 Å². The van der Waals surface area contributed by atoms with E-state index in [9.17, 15) is 0 Å². The third-order valence-corrected chi connectivity index (χ3v) is 4.72. The van der Waals surface area contributed by atoms with Gasteiger partial charge in [0.05, 0.1) is 0 Å². The Balaban J connectivity index is 2.43. The van der Waals surface area contributed by atoms with Crippen LogP contribution >= 0.6 is 39.3 Å². The van der Waals surface area contributed by atoms with Gasteiger partial charge in [-0.1, -0.05) is 40.7 Å². The first-order valence-electron chi connectivity index (χ1n) is 5.31. The zero-order valence-corrected chi connectivity index (χ0v) is 12.8. The molecule has 0 fully saturated rings. The molecule has 0 aliphatic heterocycles. The Morgan fingerprint density at radius 2 is 1.95 bits per heavy atom. The lowest BCUT2D eigenvalue weighted by Gasteiger charge is -2.09. The molecule has 0 unspecified atom stereocenters. The summed E-state index contributed by atoms with van der Waals surface area (Å²) in [6.07, 6.45) is 0.